The van der Waals surface area contributed by atoms with Gasteiger partial charge in [0.05, 0.1) is 159 Å². The molecule has 0 aliphatic carbocycles. The third-order valence-corrected chi connectivity index (χ3v) is 8.76. The zero-order valence-electron chi connectivity index (χ0n) is 52.9. The predicted octanol–water partition coefficient (Wildman–Crippen LogP) is 2.98. The van der Waals surface area contributed by atoms with E-state index in [2.05, 4.69) is 56.8 Å². The third kappa shape index (κ3) is 94.3. The van der Waals surface area contributed by atoms with E-state index in [1.165, 1.54) is 0 Å². The number of halogens is 12. The van der Waals surface area contributed by atoms with Crippen LogP contribution in [0.3, 0.4) is 0 Å². The zero-order chi connectivity index (χ0) is 77.6. The molecular formula is C48H72Cl12Co2Nb2Ni2O36. The molecule has 0 aromatic rings. The summed E-state index contributed by atoms with van der Waals surface area (Å²) in [7, 11) is 57.4. The minimum absolute atomic E-state index is 0.0618. The summed E-state index contributed by atoms with van der Waals surface area (Å²) in [5.41, 5.74) is 0. The van der Waals surface area contributed by atoms with Gasteiger partial charge in [-0.05, 0) is 0 Å². The Morgan fingerprint density at radius 1 is 0.186 bits per heavy atom. The van der Waals surface area contributed by atoms with E-state index in [1.807, 2.05) is 0 Å². The number of hydrogen-bond donors (Lipinski definition) is 0. The van der Waals surface area contributed by atoms with Gasteiger partial charge < -0.3 is 114 Å². The molecule has 0 saturated carbocycles. The normalized spacial score (nSPS) is 18.8. The molecule has 3 heterocycles. The minimum atomic E-state index is -1.12. The van der Waals surface area contributed by atoms with Crippen LogP contribution in [0.2, 0.25) is 0 Å². The van der Waals surface area contributed by atoms with Crippen molar-refractivity contribution in [2.24, 2.45) is 0 Å². The van der Waals surface area contributed by atoms with Crippen molar-refractivity contribution in [3.05, 3.63) is 0 Å². The number of hydrogen-bond acceptors (Lipinski definition) is 36. The number of ether oxygens (including phenoxy) is 24. The van der Waals surface area contributed by atoms with Crippen molar-refractivity contribution < 1.29 is 257 Å². The maximum absolute atomic E-state index is 11.4. The Labute approximate surface area is 678 Å². The van der Waals surface area contributed by atoms with Gasteiger partial charge in [-0.3, -0.25) is 0 Å². The zero-order valence-corrected chi connectivity index (χ0v) is 70.4. The van der Waals surface area contributed by atoms with Crippen molar-refractivity contribution in [2.75, 3.05) is 238 Å². The number of rotatable bonds is 0. The van der Waals surface area contributed by atoms with Crippen LogP contribution in [0.1, 0.15) is 0 Å². The van der Waals surface area contributed by atoms with E-state index in [9.17, 15) is 57.5 Å². The van der Waals surface area contributed by atoms with E-state index < -0.39 is 107 Å². The van der Waals surface area contributed by atoms with E-state index in [0.717, 1.165) is 0 Å². The standard InChI is InChI=1S/3C16H24O12.12ClH.2Co.2Nb.2Ni/c3*17-13-14(18)27-11-7-23-3-4-24-8-12-28-16(20)15(19)26-10-6-22-2-1-21-5-9-25-13;;;;;;;;;;;;;;;;;;/h3*1-12H2;12*1H;;;;;;/q;;;;;;;;;;;;;;;6*+2/p-12. The van der Waals surface area contributed by atoms with Crippen LogP contribution in [-0.2, 0) is 257 Å². The van der Waals surface area contributed by atoms with Crippen LogP contribution < -0.4 is 0 Å². The van der Waals surface area contributed by atoms with Crippen LogP contribution in [-0.4, -0.2) is 309 Å². The van der Waals surface area contributed by atoms with Crippen molar-refractivity contribution in [2.45, 2.75) is 0 Å². The molecular weight excluding hydrogens is 2000 g/mol. The molecule has 102 heavy (non-hydrogen) atoms. The van der Waals surface area contributed by atoms with Crippen LogP contribution in [0.4, 0.5) is 0 Å². The molecule has 3 aliphatic heterocycles. The second-order valence-corrected chi connectivity index (χ2v) is 28.7. The first kappa shape index (κ1) is 113. The summed E-state index contributed by atoms with van der Waals surface area (Å²) in [6, 6.07) is 0. The molecule has 54 heteroatoms. The second-order valence-electron chi connectivity index (χ2n) is 15.3. The molecule has 0 radical (unpaired) electrons. The monoisotopic (exact) mass is 2060 g/mol. The summed E-state index contributed by atoms with van der Waals surface area (Å²) in [4.78, 5) is 136. The Kier molecular flexibility index (Phi) is 108. The van der Waals surface area contributed by atoms with Gasteiger partial charge in [0.25, 0.3) is 0 Å². The van der Waals surface area contributed by atoms with Crippen LogP contribution in [0.5, 0.6) is 0 Å². The van der Waals surface area contributed by atoms with Crippen molar-refractivity contribution >= 4 is 190 Å². The molecule has 0 aromatic heterocycles. The van der Waals surface area contributed by atoms with Crippen LogP contribution >= 0.6 is 118 Å². The Bertz CT molecular complexity index is 1600. The van der Waals surface area contributed by atoms with Crippen molar-refractivity contribution in [3.63, 3.8) is 0 Å². The van der Waals surface area contributed by atoms with Gasteiger partial charge in [0, 0.05) is 0 Å². The van der Waals surface area contributed by atoms with Crippen LogP contribution in [0, 0.1) is 0 Å². The van der Waals surface area contributed by atoms with E-state index in [0.29, 0.717) is 51.1 Å². The quantitative estimate of drug-likeness (QED) is 0.146. The maximum atomic E-state index is 11.4. The summed E-state index contributed by atoms with van der Waals surface area (Å²) in [5.74, 6) is -13.4. The van der Waals surface area contributed by atoms with Gasteiger partial charge in [-0.25, -0.2) is 57.5 Å². The van der Waals surface area contributed by atoms with Gasteiger partial charge in [-0.15, -0.1) is 0 Å². The fraction of sp³-hybridized carbons (Fsp3) is 0.750. The van der Waals surface area contributed by atoms with Gasteiger partial charge in [-0.1, -0.05) is 0 Å². The molecule has 0 unspecified atom stereocenters. The number of carbonyl (C=O) groups excluding carboxylic acids is 12. The summed E-state index contributed by atoms with van der Waals surface area (Å²) in [5, 5.41) is 0. The molecule has 36 nitrogen and oxygen atoms in total. The molecule has 3 fully saturated rings. The second kappa shape index (κ2) is 97.2. The van der Waals surface area contributed by atoms with Gasteiger partial charge in [0.15, 0.2) is 0 Å². The van der Waals surface area contributed by atoms with Gasteiger partial charge >= 0.3 is 276 Å². The van der Waals surface area contributed by atoms with Gasteiger partial charge in [0.2, 0.25) is 0 Å². The Balaban J connectivity index is -0.000000302. The molecule has 612 valence electrons. The van der Waals surface area contributed by atoms with Crippen molar-refractivity contribution in [3.8, 4) is 0 Å². The predicted molar refractivity (Wildman–Crippen MR) is 332 cm³/mol. The fourth-order valence-corrected chi connectivity index (χ4v) is 4.96. The van der Waals surface area contributed by atoms with Crippen molar-refractivity contribution in [1.29, 1.82) is 0 Å². The fourth-order valence-electron chi connectivity index (χ4n) is 4.96. The number of esters is 12. The van der Waals surface area contributed by atoms with Crippen molar-refractivity contribution in [1.82, 2.24) is 0 Å². The molecule has 0 bridgehead atoms. The van der Waals surface area contributed by atoms with Gasteiger partial charge in [0.1, 0.15) is 79.3 Å². The molecule has 0 N–H and O–H groups in total. The van der Waals surface area contributed by atoms with Crippen LogP contribution in [0.15, 0.2) is 0 Å². The molecule has 0 spiro atoms. The molecule has 0 amide bonds. The Hall–Kier alpha value is 0.121. The first-order valence-electron chi connectivity index (χ1n) is 27.4. The Morgan fingerprint density at radius 3 is 0.294 bits per heavy atom. The van der Waals surface area contributed by atoms with E-state index in [1.54, 1.807) is 0 Å². The van der Waals surface area contributed by atoms with E-state index in [-0.39, 0.29) is 238 Å². The first-order chi connectivity index (χ1) is 49.3. The first-order valence-corrected chi connectivity index (χ1v) is 49.9. The average Bonchev–Trinajstić information content (AvgIpc) is 1.17. The summed E-state index contributed by atoms with van der Waals surface area (Å²) in [6.45, 7) is 1.54. The molecule has 3 saturated heterocycles. The summed E-state index contributed by atoms with van der Waals surface area (Å²) in [6.07, 6.45) is 0. The molecule has 0 atom stereocenters. The Morgan fingerprint density at radius 2 is 0.235 bits per heavy atom. The van der Waals surface area contributed by atoms with E-state index >= 15 is 0 Å². The number of cyclic esters (lactones) is 12. The number of carbonyl (C=O) groups is 12. The third-order valence-electron chi connectivity index (χ3n) is 8.76. The summed E-state index contributed by atoms with van der Waals surface area (Å²) >= 11 is 0.492. The van der Waals surface area contributed by atoms with Crippen LogP contribution in [0.25, 0.3) is 0 Å². The summed E-state index contributed by atoms with van der Waals surface area (Å²) < 4.78 is 118. The average molecular weight is 2070 g/mol. The topological polar surface area (TPSA) is 426 Å². The molecule has 3 aliphatic rings. The molecule has 3 rings (SSSR count). The van der Waals surface area contributed by atoms with E-state index in [4.69, 9.17) is 175 Å². The molecule has 0 aromatic carbocycles. The SMILES string of the molecule is O=C1OCCOCCOCCOC(=O)C(=O)OCCOCCOCCOC1=O.O=C1OCCOCCOCCOC(=O)C(=O)OCCOCCOCCOC1=O.O=C1OCCOCCOCCOC(=O)C(=O)OCCOCCOCCOC1=O.[Cl][Co][Cl].[Cl][Co][Cl].[Cl][Nb][Cl].[Cl][Nb][Cl].[Cl][Ni][Cl].[Cl][Ni][Cl]. The van der Waals surface area contributed by atoms with Gasteiger partial charge in [-0.2, -0.15) is 0 Å².